The van der Waals surface area contributed by atoms with Crippen LogP contribution in [0, 0.1) is 0 Å². The average Bonchev–Trinajstić information content (AvgIpc) is 2.35. The molecule has 2 nitrogen and oxygen atoms in total. The molecule has 2 heteroatoms. The van der Waals surface area contributed by atoms with E-state index in [2.05, 4.69) is 24.3 Å². The highest BCUT2D eigenvalue weighted by Gasteiger charge is 2.54. The van der Waals surface area contributed by atoms with E-state index in [1.807, 2.05) is 0 Å². The molecular weight excluding hydrogens is 210 g/mol. The molecule has 1 aromatic carbocycles. The number of aliphatic hydroxyl groups is 1. The lowest BCUT2D eigenvalue weighted by Crippen LogP contribution is -2.61. The Morgan fingerprint density at radius 2 is 1.88 bits per heavy atom. The topological polar surface area (TPSA) is 46.2 Å². The van der Waals surface area contributed by atoms with Gasteiger partial charge in [0.1, 0.15) is 0 Å². The molecule has 0 heterocycles. The van der Waals surface area contributed by atoms with Gasteiger partial charge < -0.3 is 10.8 Å². The van der Waals surface area contributed by atoms with Crippen LogP contribution in [0.2, 0.25) is 0 Å². The number of hydrogen-bond donors (Lipinski definition) is 2. The molecule has 92 valence electrons. The fourth-order valence-corrected chi connectivity index (χ4v) is 3.80. The van der Waals surface area contributed by atoms with E-state index in [9.17, 15) is 5.11 Å². The second-order valence-electron chi connectivity index (χ2n) is 5.68. The van der Waals surface area contributed by atoms with Gasteiger partial charge in [0.05, 0.1) is 5.60 Å². The van der Waals surface area contributed by atoms with E-state index in [1.165, 1.54) is 11.1 Å². The minimum Gasteiger partial charge on any atom is -0.389 e. The summed E-state index contributed by atoms with van der Waals surface area (Å²) in [7, 11) is 0. The summed E-state index contributed by atoms with van der Waals surface area (Å²) in [5.41, 5.74) is 8.07. The third kappa shape index (κ3) is 1.40. The Hall–Kier alpha value is -0.860. The molecule has 0 aliphatic heterocycles. The van der Waals surface area contributed by atoms with Crippen LogP contribution in [0.5, 0.6) is 0 Å². The molecule has 0 aromatic heterocycles. The molecule has 1 fully saturated rings. The van der Waals surface area contributed by atoms with Gasteiger partial charge in [0, 0.05) is 12.0 Å². The molecule has 3 rings (SSSR count). The summed E-state index contributed by atoms with van der Waals surface area (Å²) in [6.07, 6.45) is 6.29. The maximum atomic E-state index is 10.9. The zero-order chi connectivity index (χ0) is 11.9. The van der Waals surface area contributed by atoms with Crippen LogP contribution in [-0.4, -0.2) is 17.3 Å². The van der Waals surface area contributed by atoms with Crippen molar-refractivity contribution >= 4 is 0 Å². The van der Waals surface area contributed by atoms with Crippen molar-refractivity contribution in [3.05, 3.63) is 35.4 Å². The van der Waals surface area contributed by atoms with Crippen LogP contribution < -0.4 is 5.73 Å². The maximum Gasteiger partial charge on any atom is 0.0756 e. The molecule has 17 heavy (non-hydrogen) atoms. The lowest BCUT2D eigenvalue weighted by molar-refractivity contribution is -0.105. The Morgan fingerprint density at radius 3 is 2.53 bits per heavy atom. The van der Waals surface area contributed by atoms with Crippen LogP contribution in [0.1, 0.15) is 43.2 Å². The van der Waals surface area contributed by atoms with E-state index < -0.39 is 5.60 Å². The van der Waals surface area contributed by atoms with Crippen molar-refractivity contribution in [3.8, 4) is 0 Å². The number of rotatable bonds is 2. The van der Waals surface area contributed by atoms with Crippen LogP contribution >= 0.6 is 0 Å². The lowest BCUT2D eigenvalue weighted by Gasteiger charge is -2.54. The number of benzene rings is 1. The molecule has 1 atom stereocenters. The quantitative estimate of drug-likeness (QED) is 0.819. The number of nitrogens with two attached hydrogens (primary N) is 1. The predicted molar refractivity (Wildman–Crippen MR) is 68.9 cm³/mol. The van der Waals surface area contributed by atoms with Crippen molar-refractivity contribution in [1.29, 1.82) is 0 Å². The zero-order valence-electron chi connectivity index (χ0n) is 10.3. The third-order valence-corrected chi connectivity index (χ3v) is 5.00. The van der Waals surface area contributed by atoms with Crippen molar-refractivity contribution in [2.45, 2.75) is 49.5 Å². The van der Waals surface area contributed by atoms with Gasteiger partial charge in [-0.15, -0.1) is 0 Å². The molecular formula is C15H21NO. The van der Waals surface area contributed by atoms with Crippen molar-refractivity contribution in [2.24, 2.45) is 5.73 Å². The van der Waals surface area contributed by atoms with Crippen LogP contribution in [0.3, 0.4) is 0 Å². The summed E-state index contributed by atoms with van der Waals surface area (Å²) in [5, 5.41) is 10.9. The summed E-state index contributed by atoms with van der Waals surface area (Å²) in [6.45, 7) is 0.570. The Labute approximate surface area is 103 Å². The van der Waals surface area contributed by atoms with Gasteiger partial charge in [-0.25, -0.2) is 0 Å². The second-order valence-corrected chi connectivity index (χ2v) is 5.68. The first-order valence-electron chi connectivity index (χ1n) is 6.73. The first kappa shape index (κ1) is 11.2. The SMILES string of the molecule is NCC1(C2(O)CCC2)CCCc2ccccc21. The van der Waals surface area contributed by atoms with Crippen molar-refractivity contribution < 1.29 is 5.11 Å². The van der Waals surface area contributed by atoms with E-state index in [-0.39, 0.29) is 5.41 Å². The number of hydrogen-bond acceptors (Lipinski definition) is 2. The van der Waals surface area contributed by atoms with Gasteiger partial charge in [0.25, 0.3) is 0 Å². The van der Waals surface area contributed by atoms with Crippen molar-refractivity contribution in [2.75, 3.05) is 6.54 Å². The maximum absolute atomic E-state index is 10.9. The Bertz CT molecular complexity index is 425. The Morgan fingerprint density at radius 1 is 1.12 bits per heavy atom. The first-order chi connectivity index (χ1) is 8.22. The normalized spacial score (nSPS) is 30.5. The van der Waals surface area contributed by atoms with E-state index in [0.717, 1.165) is 38.5 Å². The molecule has 1 unspecified atom stereocenters. The summed E-state index contributed by atoms with van der Waals surface area (Å²) in [6, 6.07) is 8.55. The van der Waals surface area contributed by atoms with E-state index in [1.54, 1.807) is 0 Å². The highest BCUT2D eigenvalue weighted by molar-refractivity contribution is 5.41. The van der Waals surface area contributed by atoms with Gasteiger partial charge in [0.15, 0.2) is 0 Å². The van der Waals surface area contributed by atoms with Crippen LogP contribution in [0.15, 0.2) is 24.3 Å². The first-order valence-corrected chi connectivity index (χ1v) is 6.73. The molecule has 0 bridgehead atoms. The molecule has 3 N–H and O–H groups in total. The fraction of sp³-hybridized carbons (Fsp3) is 0.600. The van der Waals surface area contributed by atoms with E-state index in [4.69, 9.17) is 5.73 Å². The van der Waals surface area contributed by atoms with E-state index >= 15 is 0 Å². The number of fused-ring (bicyclic) bond motifs is 1. The monoisotopic (exact) mass is 231 g/mol. The third-order valence-electron chi connectivity index (χ3n) is 5.00. The molecule has 2 aliphatic rings. The van der Waals surface area contributed by atoms with Crippen LogP contribution in [0.25, 0.3) is 0 Å². The predicted octanol–water partition coefficient (Wildman–Crippen LogP) is 2.13. The van der Waals surface area contributed by atoms with Gasteiger partial charge in [-0.05, 0) is 49.7 Å². The number of aryl methyl sites for hydroxylation is 1. The van der Waals surface area contributed by atoms with Gasteiger partial charge >= 0.3 is 0 Å². The minimum atomic E-state index is -0.543. The van der Waals surface area contributed by atoms with Crippen LogP contribution in [0.4, 0.5) is 0 Å². The summed E-state index contributed by atoms with van der Waals surface area (Å²) >= 11 is 0. The summed E-state index contributed by atoms with van der Waals surface area (Å²) in [5.74, 6) is 0. The molecule has 0 spiro atoms. The molecule has 1 saturated carbocycles. The van der Waals surface area contributed by atoms with Crippen molar-refractivity contribution in [3.63, 3.8) is 0 Å². The minimum absolute atomic E-state index is 0.180. The van der Waals surface area contributed by atoms with Crippen LogP contribution in [-0.2, 0) is 11.8 Å². The fourth-order valence-electron chi connectivity index (χ4n) is 3.80. The standard InChI is InChI=1S/C15H21NO/c16-11-14(15(17)9-4-10-15)8-3-6-12-5-1-2-7-13(12)14/h1-2,5,7,17H,3-4,6,8-11,16H2. The zero-order valence-corrected chi connectivity index (χ0v) is 10.3. The average molecular weight is 231 g/mol. The van der Waals surface area contributed by atoms with Crippen molar-refractivity contribution in [1.82, 2.24) is 0 Å². The van der Waals surface area contributed by atoms with Gasteiger partial charge in [-0.2, -0.15) is 0 Å². The molecule has 0 saturated heterocycles. The van der Waals surface area contributed by atoms with Gasteiger partial charge in [-0.1, -0.05) is 24.3 Å². The summed E-state index contributed by atoms with van der Waals surface area (Å²) < 4.78 is 0. The van der Waals surface area contributed by atoms with E-state index in [0.29, 0.717) is 6.54 Å². The highest BCUT2D eigenvalue weighted by atomic mass is 16.3. The second kappa shape index (κ2) is 3.82. The summed E-state index contributed by atoms with van der Waals surface area (Å²) in [4.78, 5) is 0. The molecule has 0 amide bonds. The largest absolute Gasteiger partial charge is 0.389 e. The lowest BCUT2D eigenvalue weighted by atomic mass is 9.54. The Balaban J connectivity index is 2.12. The smallest absolute Gasteiger partial charge is 0.0756 e. The highest BCUT2D eigenvalue weighted by Crippen LogP contribution is 2.52. The molecule has 2 aliphatic carbocycles. The van der Waals surface area contributed by atoms with Gasteiger partial charge in [-0.3, -0.25) is 0 Å². The van der Waals surface area contributed by atoms with Gasteiger partial charge in [0.2, 0.25) is 0 Å². The molecule has 0 radical (unpaired) electrons. The Kier molecular flexibility index (Phi) is 2.53. The molecule has 1 aromatic rings.